The predicted molar refractivity (Wildman–Crippen MR) is 108 cm³/mol. The minimum atomic E-state index is -0.109. The van der Waals surface area contributed by atoms with E-state index in [1.54, 1.807) is 6.20 Å². The molecule has 1 aliphatic carbocycles. The van der Waals surface area contributed by atoms with Gasteiger partial charge in [-0.1, -0.05) is 0 Å². The van der Waals surface area contributed by atoms with E-state index in [0.717, 1.165) is 42.8 Å². The number of nitrogens with one attached hydrogen (secondary N) is 1. The van der Waals surface area contributed by atoms with Crippen molar-refractivity contribution >= 4 is 11.6 Å². The van der Waals surface area contributed by atoms with Crippen molar-refractivity contribution in [3.8, 4) is 11.5 Å². The molecule has 0 radical (unpaired) electrons. The van der Waals surface area contributed by atoms with Gasteiger partial charge in [0.1, 0.15) is 17.6 Å². The number of hydrogen-bond acceptors (Lipinski definition) is 5. The standard InChI is InChI=1S/C22H27N3O3/c1-15(24-16(2)26)22-10-9-20(11-23-22)28-21-12-25(13-21)18-5-7-19(8-6-18)27-14-17-3-4-17/h5-11,15,17,21H,3-4,12-14H2,1-2H3,(H,24,26)/t15-/m0/s1. The molecule has 1 N–H and O–H groups in total. The summed E-state index contributed by atoms with van der Waals surface area (Å²) in [7, 11) is 0. The van der Waals surface area contributed by atoms with Crippen LogP contribution >= 0.6 is 0 Å². The lowest BCUT2D eigenvalue weighted by Gasteiger charge is -2.40. The largest absolute Gasteiger partial charge is 0.493 e. The quantitative estimate of drug-likeness (QED) is 0.760. The molecule has 0 spiro atoms. The van der Waals surface area contributed by atoms with Gasteiger partial charge >= 0.3 is 0 Å². The lowest BCUT2D eigenvalue weighted by atomic mass is 10.1. The number of carbonyl (C=O) groups is 1. The van der Waals surface area contributed by atoms with Gasteiger partial charge in [0.25, 0.3) is 0 Å². The Kier molecular flexibility index (Phi) is 5.37. The average molecular weight is 381 g/mol. The molecule has 1 aliphatic heterocycles. The van der Waals surface area contributed by atoms with Crippen LogP contribution in [0.3, 0.4) is 0 Å². The van der Waals surface area contributed by atoms with Crippen molar-refractivity contribution in [2.75, 3.05) is 24.6 Å². The summed E-state index contributed by atoms with van der Waals surface area (Å²) in [5, 5.41) is 2.83. The van der Waals surface area contributed by atoms with Crippen molar-refractivity contribution in [1.82, 2.24) is 10.3 Å². The first-order valence-corrected chi connectivity index (χ1v) is 9.94. The Morgan fingerprint density at radius 1 is 1.18 bits per heavy atom. The maximum Gasteiger partial charge on any atom is 0.217 e. The fourth-order valence-corrected chi connectivity index (χ4v) is 3.26. The van der Waals surface area contributed by atoms with E-state index in [-0.39, 0.29) is 18.1 Å². The van der Waals surface area contributed by atoms with Crippen LogP contribution < -0.4 is 19.7 Å². The number of pyridine rings is 1. The highest BCUT2D eigenvalue weighted by Crippen LogP contribution is 2.30. The van der Waals surface area contributed by atoms with Crippen molar-refractivity contribution in [1.29, 1.82) is 0 Å². The minimum Gasteiger partial charge on any atom is -0.493 e. The number of hydrogen-bond donors (Lipinski definition) is 1. The molecule has 2 heterocycles. The van der Waals surface area contributed by atoms with E-state index in [9.17, 15) is 4.79 Å². The SMILES string of the molecule is CC(=O)N[C@@H](C)c1ccc(OC2CN(c3ccc(OCC4CC4)cc3)C2)cn1. The van der Waals surface area contributed by atoms with E-state index in [1.165, 1.54) is 25.5 Å². The van der Waals surface area contributed by atoms with Gasteiger partial charge in [-0.3, -0.25) is 9.78 Å². The van der Waals surface area contributed by atoms with Crippen LogP contribution in [-0.4, -0.2) is 36.7 Å². The molecule has 2 aliphatic rings. The van der Waals surface area contributed by atoms with E-state index < -0.39 is 0 Å². The zero-order chi connectivity index (χ0) is 19.5. The molecular formula is C22H27N3O3. The Labute approximate surface area is 165 Å². The van der Waals surface area contributed by atoms with E-state index >= 15 is 0 Å². The van der Waals surface area contributed by atoms with Gasteiger partial charge in [0, 0.05) is 12.6 Å². The number of rotatable bonds is 8. The summed E-state index contributed by atoms with van der Waals surface area (Å²) in [5.41, 5.74) is 2.01. The second kappa shape index (κ2) is 8.09. The molecule has 0 unspecified atom stereocenters. The monoisotopic (exact) mass is 381 g/mol. The van der Waals surface area contributed by atoms with E-state index in [1.807, 2.05) is 31.2 Å². The highest BCUT2D eigenvalue weighted by atomic mass is 16.5. The summed E-state index contributed by atoms with van der Waals surface area (Å²) >= 11 is 0. The van der Waals surface area contributed by atoms with Crippen molar-refractivity contribution in [2.45, 2.75) is 38.8 Å². The first kappa shape index (κ1) is 18.6. The molecule has 1 aromatic heterocycles. The second-order valence-corrected chi connectivity index (χ2v) is 7.73. The molecule has 1 saturated heterocycles. The van der Waals surface area contributed by atoms with Gasteiger partial charge in [-0.2, -0.15) is 0 Å². The number of aromatic nitrogens is 1. The molecule has 1 aromatic carbocycles. The van der Waals surface area contributed by atoms with Gasteiger partial charge in [0.05, 0.1) is 37.6 Å². The molecule has 1 atom stereocenters. The van der Waals surface area contributed by atoms with Gasteiger partial charge in [-0.05, 0) is 62.1 Å². The maximum atomic E-state index is 11.1. The minimum absolute atomic E-state index is 0.0632. The summed E-state index contributed by atoms with van der Waals surface area (Å²) in [6, 6.07) is 12.0. The Balaban J connectivity index is 1.23. The summed E-state index contributed by atoms with van der Waals surface area (Å²) in [6.07, 6.45) is 4.49. The van der Waals surface area contributed by atoms with E-state index in [0.29, 0.717) is 0 Å². The van der Waals surface area contributed by atoms with Crippen LogP contribution in [0.5, 0.6) is 11.5 Å². The lowest BCUT2D eigenvalue weighted by Crippen LogP contribution is -2.54. The number of nitrogens with zero attached hydrogens (tertiary/aromatic N) is 2. The molecule has 1 saturated carbocycles. The number of carbonyl (C=O) groups excluding carboxylic acids is 1. The highest BCUT2D eigenvalue weighted by Gasteiger charge is 2.29. The Morgan fingerprint density at radius 3 is 2.50 bits per heavy atom. The van der Waals surface area contributed by atoms with Crippen molar-refractivity contribution in [2.24, 2.45) is 5.92 Å². The zero-order valence-electron chi connectivity index (χ0n) is 16.4. The summed E-state index contributed by atoms with van der Waals surface area (Å²) in [4.78, 5) is 17.8. The molecule has 148 valence electrons. The zero-order valence-corrected chi connectivity index (χ0v) is 16.4. The third-order valence-corrected chi connectivity index (χ3v) is 5.16. The summed E-state index contributed by atoms with van der Waals surface area (Å²) in [6.45, 7) is 5.97. The summed E-state index contributed by atoms with van der Waals surface area (Å²) in [5.74, 6) is 2.41. The molecule has 6 nitrogen and oxygen atoms in total. The van der Waals surface area contributed by atoms with Gasteiger partial charge < -0.3 is 19.7 Å². The van der Waals surface area contributed by atoms with Crippen molar-refractivity contribution < 1.29 is 14.3 Å². The third kappa shape index (κ3) is 4.74. The first-order chi connectivity index (χ1) is 13.6. The number of anilines is 1. The van der Waals surface area contributed by atoms with Gasteiger partial charge in [0.2, 0.25) is 5.91 Å². The number of benzene rings is 1. The molecule has 2 fully saturated rings. The topological polar surface area (TPSA) is 63.7 Å². The van der Waals surface area contributed by atoms with Crippen LogP contribution in [0.1, 0.15) is 38.4 Å². The predicted octanol–water partition coefficient (Wildman–Crippen LogP) is 3.34. The van der Waals surface area contributed by atoms with Gasteiger partial charge in [-0.25, -0.2) is 0 Å². The Morgan fingerprint density at radius 2 is 1.89 bits per heavy atom. The van der Waals surface area contributed by atoms with E-state index in [4.69, 9.17) is 9.47 Å². The van der Waals surface area contributed by atoms with Crippen LogP contribution in [-0.2, 0) is 4.79 Å². The highest BCUT2D eigenvalue weighted by molar-refractivity contribution is 5.73. The molecular weight excluding hydrogens is 354 g/mol. The maximum absolute atomic E-state index is 11.1. The van der Waals surface area contributed by atoms with Gasteiger partial charge in [0.15, 0.2) is 0 Å². The van der Waals surface area contributed by atoms with Crippen LogP contribution in [0.2, 0.25) is 0 Å². The first-order valence-electron chi connectivity index (χ1n) is 9.94. The number of ether oxygens (including phenoxy) is 2. The third-order valence-electron chi connectivity index (χ3n) is 5.16. The number of amides is 1. The summed E-state index contributed by atoms with van der Waals surface area (Å²) < 4.78 is 11.8. The van der Waals surface area contributed by atoms with Gasteiger partial charge in [-0.15, -0.1) is 0 Å². The smallest absolute Gasteiger partial charge is 0.217 e. The van der Waals surface area contributed by atoms with Crippen molar-refractivity contribution in [3.05, 3.63) is 48.3 Å². The fourth-order valence-electron chi connectivity index (χ4n) is 3.26. The fraction of sp³-hybridized carbons (Fsp3) is 0.455. The van der Waals surface area contributed by atoms with E-state index in [2.05, 4.69) is 27.3 Å². The second-order valence-electron chi connectivity index (χ2n) is 7.73. The Hall–Kier alpha value is -2.76. The molecule has 28 heavy (non-hydrogen) atoms. The normalized spacial score (nSPS) is 17.6. The molecule has 2 aromatic rings. The van der Waals surface area contributed by atoms with Crippen molar-refractivity contribution in [3.63, 3.8) is 0 Å². The molecule has 6 heteroatoms. The van der Waals surface area contributed by atoms with Crippen LogP contribution in [0, 0.1) is 5.92 Å². The Bertz CT molecular complexity index is 797. The van der Waals surface area contributed by atoms with Crippen LogP contribution in [0.15, 0.2) is 42.6 Å². The van der Waals surface area contributed by atoms with Crippen LogP contribution in [0.25, 0.3) is 0 Å². The lowest BCUT2D eigenvalue weighted by molar-refractivity contribution is -0.119. The molecule has 0 bridgehead atoms. The van der Waals surface area contributed by atoms with Crippen LogP contribution in [0.4, 0.5) is 5.69 Å². The average Bonchev–Trinajstić information content (AvgIpc) is 3.48. The molecule has 1 amide bonds. The molecule has 4 rings (SSSR count).